The monoisotopic (exact) mass is 230 g/mol. The Balaban J connectivity index is 1.87. The summed E-state index contributed by atoms with van der Waals surface area (Å²) < 4.78 is 0. The van der Waals surface area contributed by atoms with E-state index in [1.54, 1.807) is 0 Å². The summed E-state index contributed by atoms with van der Waals surface area (Å²) in [6, 6.07) is 6.99. The highest BCUT2D eigenvalue weighted by atomic mass is 15.2. The lowest BCUT2D eigenvalue weighted by molar-refractivity contribution is 0.720. The number of fused-ring (bicyclic) bond motifs is 1. The second-order valence-electron chi connectivity index (χ2n) is 5.75. The van der Waals surface area contributed by atoms with E-state index in [2.05, 4.69) is 30.0 Å². The molecule has 0 bridgehead atoms. The topological polar surface area (TPSA) is 29.3 Å². The maximum Gasteiger partial charge on any atom is 0.0432 e. The molecule has 92 valence electrons. The van der Waals surface area contributed by atoms with Crippen LogP contribution in [0.3, 0.4) is 0 Å². The summed E-state index contributed by atoms with van der Waals surface area (Å²) in [5.41, 5.74) is 10.5. The van der Waals surface area contributed by atoms with Gasteiger partial charge < -0.3 is 10.6 Å². The Hall–Kier alpha value is -1.02. The van der Waals surface area contributed by atoms with Crippen molar-refractivity contribution in [2.75, 3.05) is 18.0 Å². The highest BCUT2D eigenvalue weighted by Gasteiger charge is 2.29. The van der Waals surface area contributed by atoms with Gasteiger partial charge in [-0.2, -0.15) is 0 Å². The molecular formula is C15H22N2. The normalized spacial score (nSPS) is 20.5. The first-order chi connectivity index (χ1) is 8.24. The van der Waals surface area contributed by atoms with Crippen molar-refractivity contribution in [2.24, 2.45) is 11.7 Å². The molecule has 0 saturated heterocycles. The molecular weight excluding hydrogens is 208 g/mol. The number of anilines is 1. The standard InChI is InChI=1S/C15H22N2/c1-11(16)9-14-4-2-3-13-7-8-17(15(13)14)10-12-5-6-12/h2-4,11-12H,5-10,16H2,1H3. The first-order valence-corrected chi connectivity index (χ1v) is 6.85. The zero-order valence-corrected chi connectivity index (χ0v) is 10.7. The van der Waals surface area contributed by atoms with E-state index >= 15 is 0 Å². The van der Waals surface area contributed by atoms with Crippen LogP contribution in [0, 0.1) is 5.92 Å². The number of hydrogen-bond donors (Lipinski definition) is 1. The van der Waals surface area contributed by atoms with Crippen molar-refractivity contribution in [2.45, 2.75) is 38.6 Å². The Morgan fingerprint density at radius 1 is 1.41 bits per heavy atom. The van der Waals surface area contributed by atoms with Gasteiger partial charge >= 0.3 is 0 Å². The predicted octanol–water partition coefficient (Wildman–Crippen LogP) is 2.35. The van der Waals surface area contributed by atoms with Gasteiger partial charge in [-0.05, 0) is 49.7 Å². The Kier molecular flexibility index (Phi) is 2.83. The number of hydrogen-bond acceptors (Lipinski definition) is 2. The van der Waals surface area contributed by atoms with E-state index in [1.165, 1.54) is 49.2 Å². The number of nitrogens with two attached hydrogens (primary N) is 1. The second kappa shape index (κ2) is 4.34. The first-order valence-electron chi connectivity index (χ1n) is 6.85. The van der Waals surface area contributed by atoms with E-state index in [4.69, 9.17) is 5.73 Å². The fraction of sp³-hybridized carbons (Fsp3) is 0.600. The molecule has 1 aromatic rings. The fourth-order valence-corrected chi connectivity index (χ4v) is 2.93. The zero-order valence-electron chi connectivity index (χ0n) is 10.7. The number of rotatable bonds is 4. The molecule has 17 heavy (non-hydrogen) atoms. The molecule has 0 radical (unpaired) electrons. The molecule has 2 nitrogen and oxygen atoms in total. The quantitative estimate of drug-likeness (QED) is 0.860. The number of benzene rings is 1. The summed E-state index contributed by atoms with van der Waals surface area (Å²) in [5, 5.41) is 0. The molecule has 0 aromatic heterocycles. The Morgan fingerprint density at radius 2 is 2.24 bits per heavy atom. The molecule has 1 aliphatic carbocycles. The fourth-order valence-electron chi connectivity index (χ4n) is 2.93. The van der Waals surface area contributed by atoms with Crippen molar-refractivity contribution in [3.63, 3.8) is 0 Å². The molecule has 1 fully saturated rings. The molecule has 1 unspecified atom stereocenters. The molecule has 1 heterocycles. The van der Waals surface area contributed by atoms with Gasteiger partial charge in [-0.25, -0.2) is 0 Å². The summed E-state index contributed by atoms with van der Waals surface area (Å²) in [6.07, 6.45) is 5.09. The van der Waals surface area contributed by atoms with E-state index in [0.717, 1.165) is 12.3 Å². The van der Waals surface area contributed by atoms with Crippen LogP contribution in [0.15, 0.2) is 18.2 Å². The van der Waals surface area contributed by atoms with Gasteiger partial charge in [-0.1, -0.05) is 18.2 Å². The molecule has 2 aliphatic rings. The Morgan fingerprint density at radius 3 is 2.94 bits per heavy atom. The number of nitrogens with zero attached hydrogens (tertiary/aromatic N) is 1. The molecule has 0 amide bonds. The van der Waals surface area contributed by atoms with Gasteiger partial charge in [0.05, 0.1) is 0 Å². The van der Waals surface area contributed by atoms with Crippen LogP contribution in [0.25, 0.3) is 0 Å². The minimum absolute atomic E-state index is 0.255. The van der Waals surface area contributed by atoms with Crippen molar-refractivity contribution in [3.05, 3.63) is 29.3 Å². The van der Waals surface area contributed by atoms with Gasteiger partial charge in [0.2, 0.25) is 0 Å². The van der Waals surface area contributed by atoms with Crippen molar-refractivity contribution in [3.8, 4) is 0 Å². The van der Waals surface area contributed by atoms with Gasteiger partial charge in [-0.3, -0.25) is 0 Å². The second-order valence-corrected chi connectivity index (χ2v) is 5.75. The van der Waals surface area contributed by atoms with Crippen molar-refractivity contribution in [1.29, 1.82) is 0 Å². The highest BCUT2D eigenvalue weighted by Crippen LogP contribution is 2.37. The lowest BCUT2D eigenvalue weighted by atomic mass is 10.0. The van der Waals surface area contributed by atoms with Crippen molar-refractivity contribution >= 4 is 5.69 Å². The van der Waals surface area contributed by atoms with Gasteiger partial charge in [0.25, 0.3) is 0 Å². The molecule has 2 N–H and O–H groups in total. The lowest BCUT2D eigenvalue weighted by Gasteiger charge is -2.23. The number of para-hydroxylation sites is 1. The highest BCUT2D eigenvalue weighted by molar-refractivity contribution is 5.63. The van der Waals surface area contributed by atoms with E-state index in [-0.39, 0.29) is 6.04 Å². The van der Waals surface area contributed by atoms with Crippen LogP contribution in [0.5, 0.6) is 0 Å². The van der Waals surface area contributed by atoms with E-state index in [1.807, 2.05) is 0 Å². The molecule has 2 heteroatoms. The zero-order chi connectivity index (χ0) is 11.8. The minimum atomic E-state index is 0.255. The summed E-state index contributed by atoms with van der Waals surface area (Å²) in [5.74, 6) is 0.962. The maximum atomic E-state index is 5.96. The third-order valence-corrected chi connectivity index (χ3v) is 3.89. The first kappa shape index (κ1) is 11.1. The lowest BCUT2D eigenvalue weighted by Crippen LogP contribution is -2.25. The van der Waals surface area contributed by atoms with Gasteiger partial charge in [-0.15, -0.1) is 0 Å². The van der Waals surface area contributed by atoms with Gasteiger partial charge in [0.1, 0.15) is 0 Å². The smallest absolute Gasteiger partial charge is 0.0432 e. The Labute approximate surface area is 104 Å². The molecule has 3 rings (SSSR count). The summed E-state index contributed by atoms with van der Waals surface area (Å²) in [4.78, 5) is 2.60. The molecule has 1 atom stereocenters. The molecule has 0 spiro atoms. The van der Waals surface area contributed by atoms with E-state index in [9.17, 15) is 0 Å². The van der Waals surface area contributed by atoms with Crippen molar-refractivity contribution in [1.82, 2.24) is 0 Å². The maximum absolute atomic E-state index is 5.96. The average Bonchev–Trinajstić information content (AvgIpc) is 2.99. The van der Waals surface area contributed by atoms with Crippen molar-refractivity contribution < 1.29 is 0 Å². The van der Waals surface area contributed by atoms with Crippen LogP contribution in [-0.2, 0) is 12.8 Å². The minimum Gasteiger partial charge on any atom is -0.370 e. The van der Waals surface area contributed by atoms with Crippen LogP contribution in [0.2, 0.25) is 0 Å². The third kappa shape index (κ3) is 2.32. The van der Waals surface area contributed by atoms with E-state index in [0.29, 0.717) is 0 Å². The van der Waals surface area contributed by atoms with Gasteiger partial charge in [0, 0.05) is 24.8 Å². The summed E-state index contributed by atoms with van der Waals surface area (Å²) in [7, 11) is 0. The predicted molar refractivity (Wildman–Crippen MR) is 72.4 cm³/mol. The van der Waals surface area contributed by atoms with E-state index < -0.39 is 0 Å². The largest absolute Gasteiger partial charge is 0.370 e. The third-order valence-electron chi connectivity index (χ3n) is 3.89. The SMILES string of the molecule is CC(N)Cc1cccc2c1N(CC1CC1)CC2. The Bertz CT molecular complexity index is 407. The van der Waals surface area contributed by atoms with Crippen LogP contribution in [0.1, 0.15) is 30.9 Å². The molecule has 1 saturated carbocycles. The van der Waals surface area contributed by atoms with Crippen LogP contribution in [0.4, 0.5) is 5.69 Å². The summed E-state index contributed by atoms with van der Waals surface area (Å²) in [6.45, 7) is 4.57. The summed E-state index contributed by atoms with van der Waals surface area (Å²) >= 11 is 0. The van der Waals surface area contributed by atoms with Crippen LogP contribution < -0.4 is 10.6 Å². The average molecular weight is 230 g/mol. The van der Waals surface area contributed by atoms with Crippen LogP contribution in [-0.4, -0.2) is 19.1 Å². The van der Waals surface area contributed by atoms with Gasteiger partial charge in [0.15, 0.2) is 0 Å². The van der Waals surface area contributed by atoms with Crippen LogP contribution >= 0.6 is 0 Å². The molecule has 1 aromatic carbocycles. The molecule has 1 aliphatic heterocycles.